The Labute approximate surface area is 154 Å². The van der Waals surface area contributed by atoms with Crippen molar-refractivity contribution in [2.24, 2.45) is 7.05 Å². The van der Waals surface area contributed by atoms with Gasteiger partial charge in [-0.1, -0.05) is 0 Å². The molecule has 1 unspecified atom stereocenters. The third-order valence-electron chi connectivity index (χ3n) is 4.61. The minimum atomic E-state index is -0.678. The summed E-state index contributed by atoms with van der Waals surface area (Å²) in [7, 11) is 1.86. The molecule has 1 atom stereocenters. The predicted molar refractivity (Wildman–Crippen MR) is 97.8 cm³/mol. The molecule has 9 heteroatoms. The Morgan fingerprint density at radius 3 is 2.93 bits per heavy atom. The molecule has 136 valence electrons. The lowest BCUT2D eigenvalue weighted by Crippen LogP contribution is -2.02. The number of nitrogens with zero attached hydrogens (tertiary/aromatic N) is 6. The third kappa shape index (κ3) is 2.68. The summed E-state index contributed by atoms with van der Waals surface area (Å²) in [5, 5.41) is 25.9. The molecule has 1 aliphatic heterocycles. The van der Waals surface area contributed by atoms with Crippen molar-refractivity contribution in [2.75, 3.05) is 11.9 Å². The van der Waals surface area contributed by atoms with Crippen molar-refractivity contribution >= 4 is 17.3 Å². The van der Waals surface area contributed by atoms with Gasteiger partial charge in [0.05, 0.1) is 12.8 Å². The highest BCUT2D eigenvalue weighted by Gasteiger charge is 2.22. The summed E-state index contributed by atoms with van der Waals surface area (Å²) < 4.78 is 9.32. The van der Waals surface area contributed by atoms with E-state index in [1.165, 1.54) is 0 Å². The number of aliphatic hydroxyl groups excluding tert-OH is 1. The Morgan fingerprint density at radius 1 is 1.15 bits per heavy atom. The van der Waals surface area contributed by atoms with E-state index in [0.29, 0.717) is 36.2 Å². The highest BCUT2D eigenvalue weighted by Crippen LogP contribution is 2.31. The van der Waals surface area contributed by atoms with Gasteiger partial charge in [-0.05, 0) is 29.3 Å². The van der Waals surface area contributed by atoms with E-state index in [1.807, 2.05) is 37.4 Å². The normalized spacial score (nSPS) is 16.1. The number of pyridine rings is 2. The van der Waals surface area contributed by atoms with Gasteiger partial charge in [-0.3, -0.25) is 4.68 Å². The Morgan fingerprint density at radius 2 is 2.07 bits per heavy atom. The number of ether oxygens (including phenoxy) is 1. The van der Waals surface area contributed by atoms with Gasteiger partial charge in [0.1, 0.15) is 17.7 Å². The molecule has 0 aromatic carbocycles. The minimum Gasteiger partial charge on any atom is -0.478 e. The van der Waals surface area contributed by atoms with E-state index < -0.39 is 6.10 Å². The number of rotatable bonds is 3. The van der Waals surface area contributed by atoms with Crippen LogP contribution in [0.4, 0.5) is 11.6 Å². The van der Waals surface area contributed by atoms with E-state index in [9.17, 15) is 5.11 Å². The zero-order valence-electron chi connectivity index (χ0n) is 14.6. The zero-order valence-corrected chi connectivity index (χ0v) is 14.6. The van der Waals surface area contributed by atoms with Crippen LogP contribution in [0.3, 0.4) is 0 Å². The molecule has 1 aliphatic rings. The quantitative estimate of drug-likeness (QED) is 0.574. The first-order valence-corrected chi connectivity index (χ1v) is 8.60. The third-order valence-corrected chi connectivity index (χ3v) is 4.61. The van der Waals surface area contributed by atoms with Crippen molar-refractivity contribution in [3.05, 3.63) is 48.5 Å². The van der Waals surface area contributed by atoms with Gasteiger partial charge in [0.25, 0.3) is 0 Å². The van der Waals surface area contributed by atoms with Crippen LogP contribution in [0.5, 0.6) is 5.88 Å². The molecule has 0 saturated carbocycles. The zero-order chi connectivity index (χ0) is 18.4. The Hall–Kier alpha value is -3.46. The number of anilines is 2. The molecule has 0 aliphatic carbocycles. The van der Waals surface area contributed by atoms with Crippen molar-refractivity contribution in [3.8, 4) is 17.0 Å². The second-order valence-corrected chi connectivity index (χ2v) is 6.38. The van der Waals surface area contributed by atoms with E-state index in [1.54, 1.807) is 21.5 Å². The number of nitrogens with one attached hydrogen (secondary N) is 1. The van der Waals surface area contributed by atoms with Gasteiger partial charge in [0.15, 0.2) is 11.5 Å². The second-order valence-electron chi connectivity index (χ2n) is 6.38. The molecule has 0 saturated heterocycles. The van der Waals surface area contributed by atoms with Crippen molar-refractivity contribution in [1.29, 1.82) is 0 Å². The Kier molecular flexibility index (Phi) is 3.54. The highest BCUT2D eigenvalue weighted by molar-refractivity contribution is 5.72. The number of aromatic nitrogens is 6. The summed E-state index contributed by atoms with van der Waals surface area (Å²) in [6, 6.07) is 9.61. The number of aliphatic hydroxyl groups is 1. The van der Waals surface area contributed by atoms with Gasteiger partial charge >= 0.3 is 0 Å². The molecule has 0 amide bonds. The standard InChI is InChI=1S/C18H17N7O2/c1-24-15(3-6-20-24)21-14-8-11(2-5-19-14)12-9-16-22-23-18-13(26)4-7-27-17(10-12)25(16)18/h2-3,5-6,8-10,13,26H,4,7H2,1H3,(H,19,21). The van der Waals surface area contributed by atoms with Crippen LogP contribution in [-0.4, -0.2) is 41.1 Å². The molecular formula is C18H17N7O2. The summed E-state index contributed by atoms with van der Waals surface area (Å²) in [6.45, 7) is 0.423. The van der Waals surface area contributed by atoms with Crippen LogP contribution < -0.4 is 10.1 Å². The summed E-state index contributed by atoms with van der Waals surface area (Å²) in [5.41, 5.74) is 2.53. The summed E-state index contributed by atoms with van der Waals surface area (Å²) in [4.78, 5) is 4.38. The van der Waals surface area contributed by atoms with Gasteiger partial charge in [0, 0.05) is 31.8 Å². The van der Waals surface area contributed by atoms with Crippen molar-refractivity contribution < 1.29 is 9.84 Å². The summed E-state index contributed by atoms with van der Waals surface area (Å²) >= 11 is 0. The summed E-state index contributed by atoms with van der Waals surface area (Å²) in [6.07, 6.45) is 3.28. The predicted octanol–water partition coefficient (Wildman–Crippen LogP) is 2.08. The fourth-order valence-corrected chi connectivity index (χ4v) is 3.21. The molecule has 4 aromatic rings. The van der Waals surface area contributed by atoms with Gasteiger partial charge in [0.2, 0.25) is 5.88 Å². The average Bonchev–Trinajstić information content (AvgIpc) is 3.24. The molecule has 0 radical (unpaired) electrons. The molecule has 0 fully saturated rings. The van der Waals surface area contributed by atoms with E-state index >= 15 is 0 Å². The van der Waals surface area contributed by atoms with Gasteiger partial charge in [-0.15, -0.1) is 10.2 Å². The van der Waals surface area contributed by atoms with Gasteiger partial charge in [-0.25, -0.2) is 9.38 Å². The molecule has 5 rings (SSSR count). The second kappa shape index (κ2) is 6.06. The average molecular weight is 363 g/mol. The maximum Gasteiger partial charge on any atom is 0.201 e. The van der Waals surface area contributed by atoms with E-state index in [0.717, 1.165) is 16.9 Å². The molecule has 2 N–H and O–H groups in total. The van der Waals surface area contributed by atoms with Crippen LogP contribution in [-0.2, 0) is 7.05 Å². The van der Waals surface area contributed by atoms with E-state index in [4.69, 9.17) is 4.74 Å². The van der Waals surface area contributed by atoms with Crippen LogP contribution in [0.15, 0.2) is 42.7 Å². The fourth-order valence-electron chi connectivity index (χ4n) is 3.21. The maximum absolute atomic E-state index is 10.2. The molecule has 9 nitrogen and oxygen atoms in total. The lowest BCUT2D eigenvalue weighted by molar-refractivity contribution is 0.142. The first-order chi connectivity index (χ1) is 13.2. The number of hydrogen-bond acceptors (Lipinski definition) is 7. The molecular weight excluding hydrogens is 346 g/mol. The fraction of sp³-hybridized carbons (Fsp3) is 0.222. The largest absolute Gasteiger partial charge is 0.478 e. The topological polar surface area (TPSA) is 102 Å². The molecule has 4 aromatic heterocycles. The van der Waals surface area contributed by atoms with Gasteiger partial charge in [-0.2, -0.15) is 5.10 Å². The van der Waals surface area contributed by atoms with E-state index in [2.05, 4.69) is 25.6 Å². The monoisotopic (exact) mass is 363 g/mol. The molecule has 0 bridgehead atoms. The van der Waals surface area contributed by atoms with Gasteiger partial charge < -0.3 is 15.2 Å². The highest BCUT2D eigenvalue weighted by atomic mass is 16.5. The van der Waals surface area contributed by atoms with Crippen LogP contribution in [0.25, 0.3) is 16.8 Å². The Balaban J connectivity index is 1.56. The van der Waals surface area contributed by atoms with Crippen LogP contribution in [0.1, 0.15) is 18.3 Å². The molecule has 5 heterocycles. The van der Waals surface area contributed by atoms with Crippen molar-refractivity contribution in [3.63, 3.8) is 0 Å². The van der Waals surface area contributed by atoms with Crippen LogP contribution in [0, 0.1) is 0 Å². The smallest absolute Gasteiger partial charge is 0.201 e. The molecule has 0 spiro atoms. The SMILES string of the molecule is Cn1nccc1Nc1cc(-c2cc3n4c(nnc4c2)C(O)CCO3)ccn1. The minimum absolute atomic E-state index is 0.423. The first kappa shape index (κ1) is 15.8. The lowest BCUT2D eigenvalue weighted by atomic mass is 10.1. The van der Waals surface area contributed by atoms with Crippen molar-refractivity contribution in [2.45, 2.75) is 12.5 Å². The van der Waals surface area contributed by atoms with E-state index in [-0.39, 0.29) is 0 Å². The molecule has 27 heavy (non-hydrogen) atoms. The van der Waals surface area contributed by atoms with Crippen LogP contribution >= 0.6 is 0 Å². The maximum atomic E-state index is 10.2. The summed E-state index contributed by atoms with van der Waals surface area (Å²) in [5.74, 6) is 2.69. The lowest BCUT2D eigenvalue weighted by Gasteiger charge is -2.10. The number of aryl methyl sites for hydroxylation is 1. The Bertz CT molecular complexity index is 1130. The first-order valence-electron chi connectivity index (χ1n) is 8.60. The van der Waals surface area contributed by atoms with Crippen molar-refractivity contribution in [1.82, 2.24) is 29.4 Å². The number of hydrogen-bond donors (Lipinski definition) is 2. The van der Waals surface area contributed by atoms with Crippen LogP contribution in [0.2, 0.25) is 0 Å².